The van der Waals surface area contributed by atoms with Gasteiger partial charge in [-0.3, -0.25) is 0 Å². The number of hydrogen-bond acceptors (Lipinski definition) is 5. The fourth-order valence-electron chi connectivity index (χ4n) is 3.57. The first kappa shape index (κ1) is 20.6. The van der Waals surface area contributed by atoms with Gasteiger partial charge < -0.3 is 15.3 Å². The van der Waals surface area contributed by atoms with E-state index in [2.05, 4.69) is 63.5 Å². The van der Waals surface area contributed by atoms with Crippen LogP contribution in [0.25, 0.3) is 22.4 Å². The fraction of sp³-hybridized carbons (Fsp3) is 0.154. The zero-order valence-electron chi connectivity index (χ0n) is 17.6. The standard InChI is InChI=1S/C26H26N4O/c1-2-30(15-16-31)24-13-11-23(12-14-24)29-26-18-25(27-19-28-26)22-10-6-9-21(17-22)20-7-4-3-5-8-20/h3-14,17-19,31H,2,15-16H2,1H3,(H,27,28,29). The van der Waals surface area contributed by atoms with Crippen LogP contribution in [0.5, 0.6) is 0 Å². The Kier molecular flexibility index (Phi) is 6.55. The van der Waals surface area contributed by atoms with Crippen LogP contribution in [-0.2, 0) is 0 Å². The Morgan fingerprint density at radius 1 is 0.806 bits per heavy atom. The first-order valence-electron chi connectivity index (χ1n) is 10.5. The van der Waals surface area contributed by atoms with E-state index in [-0.39, 0.29) is 6.61 Å². The summed E-state index contributed by atoms with van der Waals surface area (Å²) in [6, 6.07) is 28.8. The number of benzene rings is 3. The number of likely N-dealkylation sites (N-methyl/N-ethyl adjacent to an activating group) is 1. The third kappa shape index (κ3) is 5.08. The molecule has 0 unspecified atom stereocenters. The number of anilines is 3. The number of aliphatic hydroxyl groups excluding tert-OH is 1. The van der Waals surface area contributed by atoms with Crippen molar-refractivity contribution in [1.29, 1.82) is 0 Å². The van der Waals surface area contributed by atoms with Crippen LogP contribution in [0, 0.1) is 0 Å². The monoisotopic (exact) mass is 410 g/mol. The Labute approximate surface area is 183 Å². The van der Waals surface area contributed by atoms with E-state index in [9.17, 15) is 5.11 Å². The zero-order valence-corrected chi connectivity index (χ0v) is 17.6. The second-order valence-electron chi connectivity index (χ2n) is 7.21. The Morgan fingerprint density at radius 2 is 1.55 bits per heavy atom. The molecule has 2 N–H and O–H groups in total. The summed E-state index contributed by atoms with van der Waals surface area (Å²) < 4.78 is 0. The summed E-state index contributed by atoms with van der Waals surface area (Å²) in [5.74, 6) is 0.741. The van der Waals surface area contributed by atoms with E-state index >= 15 is 0 Å². The largest absolute Gasteiger partial charge is 0.395 e. The van der Waals surface area contributed by atoms with Crippen molar-refractivity contribution in [1.82, 2.24) is 9.97 Å². The number of nitrogens with zero attached hydrogens (tertiary/aromatic N) is 3. The highest BCUT2D eigenvalue weighted by atomic mass is 16.3. The molecule has 0 aliphatic rings. The maximum Gasteiger partial charge on any atom is 0.134 e. The van der Waals surface area contributed by atoms with Gasteiger partial charge in [0.2, 0.25) is 0 Å². The second kappa shape index (κ2) is 9.87. The predicted octanol–water partition coefficient (Wildman–Crippen LogP) is 5.37. The minimum absolute atomic E-state index is 0.142. The molecule has 0 saturated carbocycles. The summed E-state index contributed by atoms with van der Waals surface area (Å²) in [6.45, 7) is 3.70. The SMILES string of the molecule is CCN(CCO)c1ccc(Nc2cc(-c3cccc(-c4ccccc4)c3)ncn2)cc1. The molecule has 0 aliphatic carbocycles. The Hall–Kier alpha value is -3.70. The quantitative estimate of drug-likeness (QED) is 0.409. The molecule has 0 amide bonds. The van der Waals surface area contributed by atoms with E-state index in [0.29, 0.717) is 6.54 Å². The van der Waals surface area contributed by atoms with E-state index in [1.54, 1.807) is 6.33 Å². The molecule has 4 rings (SSSR count). The van der Waals surface area contributed by atoms with Crippen LogP contribution >= 0.6 is 0 Å². The topological polar surface area (TPSA) is 61.3 Å². The lowest BCUT2D eigenvalue weighted by Gasteiger charge is -2.22. The van der Waals surface area contributed by atoms with Crippen molar-refractivity contribution in [3.05, 3.63) is 91.3 Å². The lowest BCUT2D eigenvalue weighted by molar-refractivity contribution is 0.302. The molecular weight excluding hydrogens is 384 g/mol. The van der Waals surface area contributed by atoms with Gasteiger partial charge in [-0.2, -0.15) is 0 Å². The van der Waals surface area contributed by atoms with Gasteiger partial charge in [-0.25, -0.2) is 9.97 Å². The van der Waals surface area contributed by atoms with E-state index in [0.717, 1.165) is 40.6 Å². The first-order chi connectivity index (χ1) is 15.3. The van der Waals surface area contributed by atoms with Crippen LogP contribution < -0.4 is 10.2 Å². The van der Waals surface area contributed by atoms with E-state index in [1.807, 2.05) is 48.5 Å². The van der Waals surface area contributed by atoms with Gasteiger partial charge in [-0.15, -0.1) is 0 Å². The molecule has 5 heteroatoms. The van der Waals surface area contributed by atoms with Crippen LogP contribution in [-0.4, -0.2) is 34.8 Å². The molecule has 5 nitrogen and oxygen atoms in total. The maximum atomic E-state index is 9.21. The average Bonchev–Trinajstić information content (AvgIpc) is 2.84. The summed E-state index contributed by atoms with van der Waals surface area (Å²) in [5.41, 5.74) is 6.29. The van der Waals surface area contributed by atoms with Gasteiger partial charge in [0, 0.05) is 36.1 Å². The van der Waals surface area contributed by atoms with Crippen molar-refractivity contribution in [2.45, 2.75) is 6.92 Å². The molecule has 0 atom stereocenters. The average molecular weight is 411 g/mol. The smallest absolute Gasteiger partial charge is 0.134 e. The van der Waals surface area contributed by atoms with E-state index in [1.165, 1.54) is 5.56 Å². The molecule has 0 fully saturated rings. The van der Waals surface area contributed by atoms with Crippen molar-refractivity contribution in [3.63, 3.8) is 0 Å². The van der Waals surface area contributed by atoms with E-state index < -0.39 is 0 Å². The summed E-state index contributed by atoms with van der Waals surface area (Å²) >= 11 is 0. The molecule has 0 spiro atoms. The van der Waals surface area contributed by atoms with Gasteiger partial charge in [0.1, 0.15) is 12.1 Å². The molecule has 0 saturated heterocycles. The third-order valence-corrected chi connectivity index (χ3v) is 5.19. The highest BCUT2D eigenvalue weighted by molar-refractivity contribution is 5.73. The second-order valence-corrected chi connectivity index (χ2v) is 7.21. The van der Waals surface area contributed by atoms with Gasteiger partial charge >= 0.3 is 0 Å². The lowest BCUT2D eigenvalue weighted by Crippen LogP contribution is -2.25. The zero-order chi connectivity index (χ0) is 21.5. The van der Waals surface area contributed by atoms with Crippen molar-refractivity contribution >= 4 is 17.2 Å². The number of hydrogen-bond donors (Lipinski definition) is 2. The van der Waals surface area contributed by atoms with Crippen LogP contribution in [0.2, 0.25) is 0 Å². The summed E-state index contributed by atoms with van der Waals surface area (Å²) in [4.78, 5) is 11.0. The fourth-order valence-corrected chi connectivity index (χ4v) is 3.57. The van der Waals surface area contributed by atoms with Crippen LogP contribution in [0.1, 0.15) is 6.92 Å². The third-order valence-electron chi connectivity index (χ3n) is 5.19. The number of nitrogens with one attached hydrogen (secondary N) is 1. The van der Waals surface area contributed by atoms with Crippen molar-refractivity contribution in [3.8, 4) is 22.4 Å². The predicted molar refractivity (Wildman–Crippen MR) is 128 cm³/mol. The molecule has 0 bridgehead atoms. The number of aromatic nitrogens is 2. The molecule has 1 heterocycles. The van der Waals surface area contributed by atoms with Crippen LogP contribution in [0.15, 0.2) is 91.3 Å². The van der Waals surface area contributed by atoms with Gasteiger partial charge in [-0.1, -0.05) is 48.5 Å². The Bertz CT molecular complexity index is 1110. The summed E-state index contributed by atoms with van der Waals surface area (Å²) in [5, 5.41) is 12.6. The summed E-state index contributed by atoms with van der Waals surface area (Å²) in [7, 11) is 0. The van der Waals surface area contributed by atoms with Crippen molar-refractivity contribution in [2.75, 3.05) is 29.9 Å². The van der Waals surface area contributed by atoms with Crippen LogP contribution in [0.3, 0.4) is 0 Å². The lowest BCUT2D eigenvalue weighted by atomic mass is 10.0. The highest BCUT2D eigenvalue weighted by Gasteiger charge is 2.06. The minimum Gasteiger partial charge on any atom is -0.395 e. The van der Waals surface area contributed by atoms with Gasteiger partial charge in [0.05, 0.1) is 12.3 Å². The Morgan fingerprint density at radius 3 is 2.29 bits per heavy atom. The molecule has 0 radical (unpaired) electrons. The normalized spacial score (nSPS) is 10.6. The Balaban J connectivity index is 1.53. The first-order valence-corrected chi connectivity index (χ1v) is 10.5. The van der Waals surface area contributed by atoms with Crippen LogP contribution in [0.4, 0.5) is 17.2 Å². The number of rotatable bonds is 8. The van der Waals surface area contributed by atoms with E-state index in [4.69, 9.17) is 0 Å². The maximum absolute atomic E-state index is 9.21. The van der Waals surface area contributed by atoms with Gasteiger partial charge in [0.25, 0.3) is 0 Å². The molecule has 3 aromatic carbocycles. The highest BCUT2D eigenvalue weighted by Crippen LogP contribution is 2.27. The molecule has 1 aromatic heterocycles. The molecular formula is C26H26N4O. The molecule has 0 aliphatic heterocycles. The van der Waals surface area contributed by atoms with Crippen molar-refractivity contribution in [2.24, 2.45) is 0 Å². The van der Waals surface area contributed by atoms with Gasteiger partial charge in [-0.05, 0) is 48.4 Å². The molecule has 156 valence electrons. The molecule has 4 aromatic rings. The van der Waals surface area contributed by atoms with Crippen molar-refractivity contribution < 1.29 is 5.11 Å². The molecule has 31 heavy (non-hydrogen) atoms. The minimum atomic E-state index is 0.142. The van der Waals surface area contributed by atoms with Gasteiger partial charge in [0.15, 0.2) is 0 Å². The summed E-state index contributed by atoms with van der Waals surface area (Å²) in [6.07, 6.45) is 1.58. The number of aliphatic hydroxyl groups is 1.